The van der Waals surface area contributed by atoms with E-state index in [-0.39, 0.29) is 18.6 Å². The largest absolute Gasteiger partial charge is 0.466 e. The molecule has 2 unspecified atom stereocenters. The first-order valence-corrected chi connectivity index (χ1v) is 4.08. The Bertz CT molecular complexity index is 244. The van der Waals surface area contributed by atoms with Crippen LogP contribution in [0.2, 0.25) is 0 Å². The highest BCUT2D eigenvalue weighted by molar-refractivity contribution is 5.11. The Kier molecular flexibility index (Phi) is 2.89. The lowest BCUT2D eigenvalue weighted by Gasteiger charge is -2.14. The summed E-state index contributed by atoms with van der Waals surface area (Å²) in [5, 5.41) is 8.81. The van der Waals surface area contributed by atoms with Crippen molar-refractivity contribution < 1.29 is 9.52 Å². The molecule has 0 aliphatic carbocycles. The molecular weight excluding hydrogens is 154 g/mol. The third kappa shape index (κ3) is 1.87. The standard InChI is InChI=1S/C9H15NO2/c1-6-3-4-9(12-6)7(2)8(10)5-11/h3-4,7-8,11H,5,10H2,1-2H3. The third-order valence-electron chi connectivity index (χ3n) is 2.06. The number of furan rings is 1. The van der Waals surface area contributed by atoms with Gasteiger partial charge in [0.2, 0.25) is 0 Å². The smallest absolute Gasteiger partial charge is 0.108 e. The minimum atomic E-state index is -0.240. The van der Waals surface area contributed by atoms with Gasteiger partial charge in [0.1, 0.15) is 11.5 Å². The maximum absolute atomic E-state index is 8.81. The summed E-state index contributed by atoms with van der Waals surface area (Å²) in [5.74, 6) is 1.79. The summed E-state index contributed by atoms with van der Waals surface area (Å²) < 4.78 is 5.38. The third-order valence-corrected chi connectivity index (χ3v) is 2.06. The number of nitrogens with two attached hydrogens (primary N) is 1. The molecule has 1 aromatic heterocycles. The fourth-order valence-corrected chi connectivity index (χ4v) is 1.07. The molecule has 0 saturated heterocycles. The minimum absolute atomic E-state index is 0.0130. The van der Waals surface area contributed by atoms with Gasteiger partial charge in [0.05, 0.1) is 6.61 Å². The molecule has 1 rings (SSSR count). The van der Waals surface area contributed by atoms with Crippen molar-refractivity contribution in [2.24, 2.45) is 5.73 Å². The fourth-order valence-electron chi connectivity index (χ4n) is 1.07. The second-order valence-corrected chi connectivity index (χ2v) is 3.08. The molecular formula is C9H15NO2. The monoisotopic (exact) mass is 169 g/mol. The number of hydrogen-bond acceptors (Lipinski definition) is 3. The van der Waals surface area contributed by atoms with Gasteiger partial charge in [0, 0.05) is 12.0 Å². The molecule has 0 aliphatic rings. The molecule has 3 N–H and O–H groups in total. The van der Waals surface area contributed by atoms with Crippen molar-refractivity contribution in [3.8, 4) is 0 Å². The van der Waals surface area contributed by atoms with Crippen LogP contribution < -0.4 is 5.73 Å². The lowest BCUT2D eigenvalue weighted by molar-refractivity contribution is 0.243. The molecule has 1 aromatic rings. The van der Waals surface area contributed by atoms with Gasteiger partial charge in [-0.15, -0.1) is 0 Å². The summed E-state index contributed by atoms with van der Waals surface area (Å²) in [4.78, 5) is 0. The summed E-state index contributed by atoms with van der Waals surface area (Å²) in [6.07, 6.45) is 0. The van der Waals surface area contributed by atoms with E-state index in [1.54, 1.807) is 0 Å². The van der Waals surface area contributed by atoms with E-state index in [4.69, 9.17) is 15.3 Å². The van der Waals surface area contributed by atoms with Crippen molar-refractivity contribution in [1.29, 1.82) is 0 Å². The first kappa shape index (κ1) is 9.29. The minimum Gasteiger partial charge on any atom is -0.466 e. The molecule has 0 aliphatic heterocycles. The van der Waals surface area contributed by atoms with E-state index in [1.165, 1.54) is 0 Å². The highest BCUT2D eigenvalue weighted by Crippen LogP contribution is 2.19. The van der Waals surface area contributed by atoms with Crippen LogP contribution in [-0.2, 0) is 0 Å². The van der Waals surface area contributed by atoms with Crippen LogP contribution in [0, 0.1) is 6.92 Å². The number of rotatable bonds is 3. The van der Waals surface area contributed by atoms with E-state index in [9.17, 15) is 0 Å². The second kappa shape index (κ2) is 3.74. The molecule has 0 aromatic carbocycles. The molecule has 0 bridgehead atoms. The molecule has 0 radical (unpaired) electrons. The fraction of sp³-hybridized carbons (Fsp3) is 0.556. The van der Waals surface area contributed by atoms with Crippen LogP contribution in [0.3, 0.4) is 0 Å². The molecule has 68 valence electrons. The van der Waals surface area contributed by atoms with Crippen LogP contribution >= 0.6 is 0 Å². The van der Waals surface area contributed by atoms with E-state index in [0.717, 1.165) is 11.5 Å². The zero-order valence-corrected chi connectivity index (χ0v) is 7.45. The Hall–Kier alpha value is -0.800. The molecule has 0 saturated carbocycles. The Labute approximate surface area is 72.2 Å². The van der Waals surface area contributed by atoms with Crippen LogP contribution in [0.4, 0.5) is 0 Å². The number of aryl methyl sites for hydroxylation is 1. The van der Waals surface area contributed by atoms with E-state index in [0.29, 0.717) is 0 Å². The maximum atomic E-state index is 8.81. The lowest BCUT2D eigenvalue weighted by Crippen LogP contribution is -2.30. The topological polar surface area (TPSA) is 59.4 Å². The Morgan fingerprint density at radius 1 is 1.58 bits per heavy atom. The van der Waals surface area contributed by atoms with Crippen LogP contribution in [0.1, 0.15) is 24.4 Å². The van der Waals surface area contributed by atoms with Gasteiger partial charge in [-0.05, 0) is 19.1 Å². The van der Waals surface area contributed by atoms with Crippen molar-refractivity contribution in [3.63, 3.8) is 0 Å². The van der Waals surface area contributed by atoms with Gasteiger partial charge in [0.25, 0.3) is 0 Å². The first-order valence-electron chi connectivity index (χ1n) is 4.08. The van der Waals surface area contributed by atoms with Gasteiger partial charge in [-0.2, -0.15) is 0 Å². The average Bonchev–Trinajstić information content (AvgIpc) is 2.49. The van der Waals surface area contributed by atoms with E-state index in [1.807, 2.05) is 26.0 Å². The number of aliphatic hydroxyl groups is 1. The highest BCUT2D eigenvalue weighted by atomic mass is 16.3. The summed E-state index contributed by atoms with van der Waals surface area (Å²) in [6, 6.07) is 3.56. The van der Waals surface area contributed by atoms with Crippen molar-refractivity contribution in [1.82, 2.24) is 0 Å². The zero-order valence-electron chi connectivity index (χ0n) is 7.45. The van der Waals surface area contributed by atoms with Gasteiger partial charge in [0.15, 0.2) is 0 Å². The van der Waals surface area contributed by atoms with Gasteiger partial charge in [-0.25, -0.2) is 0 Å². The molecule has 12 heavy (non-hydrogen) atoms. The SMILES string of the molecule is Cc1ccc(C(C)C(N)CO)o1. The zero-order chi connectivity index (χ0) is 9.14. The Morgan fingerprint density at radius 3 is 2.67 bits per heavy atom. The number of aliphatic hydroxyl groups excluding tert-OH is 1. The van der Waals surface area contributed by atoms with Crippen LogP contribution in [0.15, 0.2) is 16.5 Å². The second-order valence-electron chi connectivity index (χ2n) is 3.08. The van der Waals surface area contributed by atoms with Crippen LogP contribution in [-0.4, -0.2) is 17.8 Å². The van der Waals surface area contributed by atoms with Gasteiger partial charge in [-0.3, -0.25) is 0 Å². The molecule has 3 heteroatoms. The van der Waals surface area contributed by atoms with Gasteiger partial charge in [-0.1, -0.05) is 6.92 Å². The Balaban J connectivity index is 2.70. The van der Waals surface area contributed by atoms with Crippen LogP contribution in [0.25, 0.3) is 0 Å². The summed E-state index contributed by atoms with van der Waals surface area (Å²) >= 11 is 0. The van der Waals surface area contributed by atoms with Crippen molar-refractivity contribution in [3.05, 3.63) is 23.7 Å². The lowest BCUT2D eigenvalue weighted by atomic mass is 10.0. The Morgan fingerprint density at radius 2 is 2.25 bits per heavy atom. The van der Waals surface area contributed by atoms with Gasteiger partial charge >= 0.3 is 0 Å². The summed E-state index contributed by atoms with van der Waals surface area (Å²) in [6.45, 7) is 3.82. The van der Waals surface area contributed by atoms with E-state index < -0.39 is 0 Å². The molecule has 3 nitrogen and oxygen atoms in total. The summed E-state index contributed by atoms with van der Waals surface area (Å²) in [5.41, 5.74) is 5.65. The van der Waals surface area contributed by atoms with Crippen molar-refractivity contribution in [2.45, 2.75) is 25.8 Å². The molecule has 0 amide bonds. The van der Waals surface area contributed by atoms with E-state index in [2.05, 4.69) is 0 Å². The summed E-state index contributed by atoms with van der Waals surface area (Å²) in [7, 11) is 0. The predicted octanol–water partition coefficient (Wildman–Crippen LogP) is 1.01. The highest BCUT2D eigenvalue weighted by Gasteiger charge is 2.16. The van der Waals surface area contributed by atoms with E-state index >= 15 is 0 Å². The number of hydrogen-bond donors (Lipinski definition) is 2. The molecule has 1 heterocycles. The quantitative estimate of drug-likeness (QED) is 0.710. The predicted molar refractivity (Wildman–Crippen MR) is 46.9 cm³/mol. The molecule has 2 atom stereocenters. The normalized spacial score (nSPS) is 16.0. The van der Waals surface area contributed by atoms with Crippen LogP contribution in [0.5, 0.6) is 0 Å². The average molecular weight is 169 g/mol. The molecule has 0 fully saturated rings. The molecule has 0 spiro atoms. The van der Waals surface area contributed by atoms with Gasteiger partial charge < -0.3 is 15.3 Å². The van der Waals surface area contributed by atoms with Crippen molar-refractivity contribution in [2.75, 3.05) is 6.61 Å². The first-order chi connectivity index (χ1) is 5.65. The van der Waals surface area contributed by atoms with Crippen molar-refractivity contribution >= 4 is 0 Å². The maximum Gasteiger partial charge on any atom is 0.108 e.